The molecule has 0 unspecified atom stereocenters. The summed E-state index contributed by atoms with van der Waals surface area (Å²) >= 11 is 0. The van der Waals surface area contributed by atoms with E-state index in [-0.39, 0.29) is 11.5 Å². The summed E-state index contributed by atoms with van der Waals surface area (Å²) in [7, 11) is 0. The number of carbonyl (C=O) groups excluding carboxylic acids is 1. The van der Waals surface area contributed by atoms with Crippen molar-refractivity contribution in [2.45, 2.75) is 6.92 Å². The van der Waals surface area contributed by atoms with Gasteiger partial charge >= 0.3 is 0 Å². The van der Waals surface area contributed by atoms with E-state index in [4.69, 9.17) is 11.5 Å². The molecule has 0 atom stereocenters. The molecule has 82 valence electrons. The minimum atomic E-state index is -0.683. The van der Waals surface area contributed by atoms with Gasteiger partial charge in [-0.25, -0.2) is 0 Å². The lowest BCUT2D eigenvalue weighted by Gasteiger charge is -2.05. The van der Waals surface area contributed by atoms with Gasteiger partial charge in [0, 0.05) is 0 Å². The fourth-order valence-electron chi connectivity index (χ4n) is 1.44. The van der Waals surface area contributed by atoms with E-state index in [0.29, 0.717) is 0 Å². The average Bonchev–Trinajstić information content (AvgIpc) is 2.61. The lowest BCUT2D eigenvalue weighted by atomic mass is 10.2. The van der Waals surface area contributed by atoms with E-state index in [2.05, 4.69) is 10.3 Å². The monoisotopic (exact) mass is 217 g/mol. The Balaban J connectivity index is 2.58. The highest BCUT2D eigenvalue weighted by molar-refractivity contribution is 5.95. The zero-order valence-electron chi connectivity index (χ0n) is 8.71. The van der Waals surface area contributed by atoms with Gasteiger partial charge in [0.15, 0.2) is 11.5 Å². The van der Waals surface area contributed by atoms with E-state index in [1.165, 1.54) is 4.68 Å². The number of nitrogen functional groups attached to an aromatic ring is 1. The molecule has 1 aromatic heterocycles. The van der Waals surface area contributed by atoms with Crippen molar-refractivity contribution in [3.63, 3.8) is 0 Å². The summed E-state index contributed by atoms with van der Waals surface area (Å²) in [4.78, 5) is 11.0. The van der Waals surface area contributed by atoms with E-state index < -0.39 is 5.91 Å². The predicted octanol–water partition coefficient (Wildman–Crippen LogP) is 0.257. The molecular weight excluding hydrogens is 206 g/mol. The maximum Gasteiger partial charge on any atom is 0.273 e. The molecule has 0 aliphatic heterocycles. The molecule has 0 aliphatic carbocycles. The van der Waals surface area contributed by atoms with E-state index in [1.807, 2.05) is 31.2 Å². The normalized spacial score (nSPS) is 10.3. The minimum Gasteiger partial charge on any atom is -0.382 e. The highest BCUT2D eigenvalue weighted by atomic mass is 16.1. The van der Waals surface area contributed by atoms with E-state index >= 15 is 0 Å². The number of anilines is 1. The Kier molecular flexibility index (Phi) is 2.32. The highest BCUT2D eigenvalue weighted by Crippen LogP contribution is 2.17. The number of rotatable bonds is 2. The van der Waals surface area contributed by atoms with Gasteiger partial charge in [0.05, 0.1) is 5.69 Å². The Morgan fingerprint density at radius 1 is 1.38 bits per heavy atom. The molecule has 4 N–H and O–H groups in total. The van der Waals surface area contributed by atoms with Gasteiger partial charge in [-0.15, -0.1) is 5.10 Å². The number of carbonyl (C=O) groups is 1. The summed E-state index contributed by atoms with van der Waals surface area (Å²) in [6, 6.07) is 7.51. The molecule has 0 fully saturated rings. The number of primary amides is 1. The maximum absolute atomic E-state index is 11.0. The lowest BCUT2D eigenvalue weighted by molar-refractivity contribution is 0.0996. The van der Waals surface area contributed by atoms with Crippen molar-refractivity contribution in [1.29, 1.82) is 0 Å². The van der Waals surface area contributed by atoms with E-state index in [9.17, 15) is 4.79 Å². The first-order chi connectivity index (χ1) is 7.61. The first kappa shape index (κ1) is 10.2. The van der Waals surface area contributed by atoms with Crippen LogP contribution in [0.4, 0.5) is 5.82 Å². The van der Waals surface area contributed by atoms with Gasteiger partial charge in [0.2, 0.25) is 0 Å². The van der Waals surface area contributed by atoms with Crippen molar-refractivity contribution < 1.29 is 4.79 Å². The molecular formula is C10H11N5O. The van der Waals surface area contributed by atoms with Gasteiger partial charge in [-0.1, -0.05) is 23.4 Å². The Bertz CT molecular complexity index is 546. The topological polar surface area (TPSA) is 99.8 Å². The molecule has 1 aromatic carbocycles. The zero-order valence-corrected chi connectivity index (χ0v) is 8.71. The molecule has 16 heavy (non-hydrogen) atoms. The molecule has 1 amide bonds. The summed E-state index contributed by atoms with van der Waals surface area (Å²) in [6.07, 6.45) is 0. The number of aromatic nitrogens is 3. The number of aryl methyl sites for hydroxylation is 1. The standard InChI is InChI=1S/C10H11N5O/c1-6-4-2-3-5-7(6)15-9(11)8(10(12)16)13-14-15/h2-5H,11H2,1H3,(H2,12,16). The zero-order chi connectivity index (χ0) is 11.7. The Hall–Kier alpha value is -2.37. The van der Waals surface area contributed by atoms with Gasteiger partial charge in [-0.2, -0.15) is 4.68 Å². The number of amides is 1. The second-order valence-electron chi connectivity index (χ2n) is 3.39. The average molecular weight is 217 g/mol. The van der Waals surface area contributed by atoms with Gasteiger partial charge in [-0.05, 0) is 18.6 Å². The summed E-state index contributed by atoms with van der Waals surface area (Å²) in [5.41, 5.74) is 12.6. The third-order valence-corrected chi connectivity index (χ3v) is 2.28. The van der Waals surface area contributed by atoms with Crippen LogP contribution in [0.15, 0.2) is 24.3 Å². The molecule has 0 spiro atoms. The molecule has 1 heterocycles. The van der Waals surface area contributed by atoms with Crippen LogP contribution in [0.25, 0.3) is 5.69 Å². The van der Waals surface area contributed by atoms with Crippen molar-refractivity contribution in [2.24, 2.45) is 5.73 Å². The van der Waals surface area contributed by atoms with Crippen LogP contribution in [0.5, 0.6) is 0 Å². The first-order valence-corrected chi connectivity index (χ1v) is 4.68. The number of para-hydroxylation sites is 1. The van der Waals surface area contributed by atoms with Crippen molar-refractivity contribution in [2.75, 3.05) is 5.73 Å². The summed E-state index contributed by atoms with van der Waals surface area (Å²) < 4.78 is 1.40. The minimum absolute atomic E-state index is 0.0109. The van der Waals surface area contributed by atoms with Crippen LogP contribution in [-0.4, -0.2) is 20.9 Å². The summed E-state index contributed by atoms with van der Waals surface area (Å²) in [6.45, 7) is 1.92. The second-order valence-corrected chi connectivity index (χ2v) is 3.39. The predicted molar refractivity (Wildman–Crippen MR) is 59.0 cm³/mol. The van der Waals surface area contributed by atoms with Gasteiger partial charge in [-0.3, -0.25) is 4.79 Å². The molecule has 0 radical (unpaired) electrons. The smallest absolute Gasteiger partial charge is 0.273 e. The largest absolute Gasteiger partial charge is 0.382 e. The third kappa shape index (κ3) is 1.50. The van der Waals surface area contributed by atoms with Crippen LogP contribution in [0, 0.1) is 6.92 Å². The molecule has 0 aliphatic rings. The van der Waals surface area contributed by atoms with Crippen LogP contribution in [0.3, 0.4) is 0 Å². The number of hydrogen-bond donors (Lipinski definition) is 2. The van der Waals surface area contributed by atoms with Crippen LogP contribution < -0.4 is 11.5 Å². The summed E-state index contributed by atoms with van der Waals surface area (Å²) in [5, 5.41) is 7.46. The van der Waals surface area contributed by atoms with Crippen molar-refractivity contribution in [1.82, 2.24) is 15.0 Å². The third-order valence-electron chi connectivity index (χ3n) is 2.28. The molecule has 2 aromatic rings. The van der Waals surface area contributed by atoms with Crippen molar-refractivity contribution in [3.05, 3.63) is 35.5 Å². The van der Waals surface area contributed by atoms with Gasteiger partial charge in [0.1, 0.15) is 0 Å². The quantitative estimate of drug-likeness (QED) is 0.753. The van der Waals surface area contributed by atoms with Crippen molar-refractivity contribution in [3.8, 4) is 5.69 Å². The molecule has 0 bridgehead atoms. The number of hydrogen-bond acceptors (Lipinski definition) is 4. The highest BCUT2D eigenvalue weighted by Gasteiger charge is 2.15. The molecule has 6 nitrogen and oxygen atoms in total. The van der Waals surface area contributed by atoms with Gasteiger partial charge in [0.25, 0.3) is 5.91 Å². The first-order valence-electron chi connectivity index (χ1n) is 4.68. The number of benzene rings is 1. The molecule has 0 saturated carbocycles. The molecule has 0 saturated heterocycles. The Morgan fingerprint density at radius 3 is 2.62 bits per heavy atom. The van der Waals surface area contributed by atoms with Crippen LogP contribution >= 0.6 is 0 Å². The second kappa shape index (κ2) is 3.65. The van der Waals surface area contributed by atoms with E-state index in [1.54, 1.807) is 0 Å². The Labute approximate surface area is 91.9 Å². The van der Waals surface area contributed by atoms with Gasteiger partial charge < -0.3 is 11.5 Å². The molecule has 6 heteroatoms. The number of nitrogens with two attached hydrogens (primary N) is 2. The fourth-order valence-corrected chi connectivity index (χ4v) is 1.44. The van der Waals surface area contributed by atoms with Crippen LogP contribution in [0.1, 0.15) is 16.1 Å². The Morgan fingerprint density at radius 2 is 2.06 bits per heavy atom. The fraction of sp³-hybridized carbons (Fsp3) is 0.100. The van der Waals surface area contributed by atoms with Crippen molar-refractivity contribution >= 4 is 11.7 Å². The SMILES string of the molecule is Cc1ccccc1-n1nnc(C(N)=O)c1N. The van der Waals surface area contributed by atoms with Crippen LogP contribution in [0.2, 0.25) is 0 Å². The van der Waals surface area contributed by atoms with Crippen LogP contribution in [-0.2, 0) is 0 Å². The number of nitrogens with zero attached hydrogens (tertiary/aromatic N) is 3. The molecule has 2 rings (SSSR count). The maximum atomic E-state index is 11.0. The lowest BCUT2D eigenvalue weighted by Crippen LogP contribution is -2.14. The summed E-state index contributed by atoms with van der Waals surface area (Å²) in [5.74, 6) is -0.529. The van der Waals surface area contributed by atoms with E-state index in [0.717, 1.165) is 11.3 Å².